The van der Waals surface area contributed by atoms with Crippen LogP contribution in [0.2, 0.25) is 10.0 Å². The molecule has 0 aliphatic rings. The fraction of sp³-hybridized carbons (Fsp3) is 0.412. The molecule has 0 saturated heterocycles. The van der Waals surface area contributed by atoms with Crippen molar-refractivity contribution in [1.82, 2.24) is 4.90 Å². The van der Waals surface area contributed by atoms with Crippen LogP contribution in [0.15, 0.2) is 72.8 Å². The maximum atomic E-state index is 12.3. The fourth-order valence-corrected chi connectivity index (χ4v) is 4.90. The second-order valence-corrected chi connectivity index (χ2v) is 12.3. The molecule has 42 heavy (non-hydrogen) atoms. The SMILES string of the molecule is COC(=O)C(CCC(=O)OC(C)(C)C)Oc1ccc(CCCN(C)CC(c2ccc(Cl)cc2)c2ccc(Cl)cc2)cc1. The fourth-order valence-electron chi connectivity index (χ4n) is 4.65. The lowest BCUT2D eigenvalue weighted by molar-refractivity contribution is -0.156. The number of aryl methyl sites for hydroxylation is 1. The molecule has 3 aromatic rings. The molecule has 0 radical (unpaired) electrons. The summed E-state index contributed by atoms with van der Waals surface area (Å²) in [5, 5.41) is 1.44. The summed E-state index contributed by atoms with van der Waals surface area (Å²) in [5.74, 6) is -0.169. The van der Waals surface area contributed by atoms with Crippen LogP contribution in [0.3, 0.4) is 0 Å². The first-order valence-corrected chi connectivity index (χ1v) is 14.9. The molecule has 226 valence electrons. The summed E-state index contributed by atoms with van der Waals surface area (Å²) in [6, 6.07) is 23.8. The average Bonchev–Trinajstić information content (AvgIpc) is 2.94. The Labute approximate surface area is 259 Å². The van der Waals surface area contributed by atoms with Gasteiger partial charge in [0.1, 0.15) is 11.4 Å². The van der Waals surface area contributed by atoms with Gasteiger partial charge in [-0.3, -0.25) is 4.79 Å². The highest BCUT2D eigenvalue weighted by atomic mass is 35.5. The number of rotatable bonds is 14. The smallest absolute Gasteiger partial charge is 0.347 e. The van der Waals surface area contributed by atoms with E-state index in [1.807, 2.05) is 48.5 Å². The minimum absolute atomic E-state index is 0.0551. The van der Waals surface area contributed by atoms with E-state index in [2.05, 4.69) is 36.2 Å². The topological polar surface area (TPSA) is 65.1 Å². The molecule has 3 aromatic carbocycles. The highest BCUT2D eigenvalue weighted by Gasteiger charge is 2.24. The van der Waals surface area contributed by atoms with Crippen molar-refractivity contribution in [2.45, 2.75) is 64.1 Å². The van der Waals surface area contributed by atoms with E-state index in [9.17, 15) is 9.59 Å². The average molecular weight is 615 g/mol. The van der Waals surface area contributed by atoms with Crippen molar-refractivity contribution in [3.05, 3.63) is 99.5 Å². The Balaban J connectivity index is 1.53. The van der Waals surface area contributed by atoms with E-state index >= 15 is 0 Å². The molecule has 6 nitrogen and oxygen atoms in total. The van der Waals surface area contributed by atoms with Gasteiger partial charge >= 0.3 is 11.9 Å². The van der Waals surface area contributed by atoms with E-state index in [-0.39, 0.29) is 24.7 Å². The maximum absolute atomic E-state index is 12.3. The number of hydrogen-bond acceptors (Lipinski definition) is 6. The molecule has 0 spiro atoms. The van der Waals surface area contributed by atoms with Crippen LogP contribution in [0.1, 0.15) is 62.6 Å². The lowest BCUT2D eigenvalue weighted by atomic mass is 9.91. The number of nitrogens with zero attached hydrogens (tertiary/aromatic N) is 1. The second-order valence-electron chi connectivity index (χ2n) is 11.4. The van der Waals surface area contributed by atoms with Crippen LogP contribution in [0.5, 0.6) is 5.75 Å². The first kappa shape index (κ1) is 33.4. The van der Waals surface area contributed by atoms with E-state index in [0.717, 1.165) is 36.0 Å². The Hall–Kier alpha value is -3.06. The van der Waals surface area contributed by atoms with Gasteiger partial charge in [0.15, 0.2) is 6.10 Å². The van der Waals surface area contributed by atoms with Gasteiger partial charge in [0, 0.05) is 35.3 Å². The van der Waals surface area contributed by atoms with E-state index in [4.69, 9.17) is 37.4 Å². The van der Waals surface area contributed by atoms with Crippen molar-refractivity contribution >= 4 is 35.1 Å². The van der Waals surface area contributed by atoms with Gasteiger partial charge in [-0.05, 0) is 100 Å². The van der Waals surface area contributed by atoms with Gasteiger partial charge in [-0.2, -0.15) is 0 Å². The van der Waals surface area contributed by atoms with Gasteiger partial charge < -0.3 is 19.1 Å². The summed E-state index contributed by atoms with van der Waals surface area (Å²) < 4.78 is 16.1. The van der Waals surface area contributed by atoms with Crippen LogP contribution >= 0.6 is 23.2 Å². The number of ether oxygens (including phenoxy) is 3. The Bertz CT molecular complexity index is 1230. The standard InChI is InChI=1S/C34H41Cl2NO5/c1-34(2,3)42-32(38)21-20-31(33(39)40-5)41-29-18-8-24(9-19-29)7-6-22-37(4)23-30(25-10-14-27(35)15-11-25)26-12-16-28(36)17-13-26/h8-19,30-31H,6-7,20-23H2,1-5H3. The van der Waals surface area contributed by atoms with Crippen LogP contribution in [0, 0.1) is 0 Å². The molecule has 0 aliphatic carbocycles. The predicted octanol–water partition coefficient (Wildman–Crippen LogP) is 7.73. The van der Waals surface area contributed by atoms with Crippen LogP contribution < -0.4 is 4.74 Å². The van der Waals surface area contributed by atoms with Gasteiger partial charge in [0.25, 0.3) is 0 Å². The first-order valence-electron chi connectivity index (χ1n) is 14.2. The van der Waals surface area contributed by atoms with Crippen molar-refractivity contribution in [1.29, 1.82) is 0 Å². The lowest BCUT2D eigenvalue weighted by Crippen LogP contribution is -2.31. The summed E-state index contributed by atoms with van der Waals surface area (Å²) in [7, 11) is 3.44. The molecule has 0 fully saturated rings. The number of hydrogen-bond donors (Lipinski definition) is 0. The predicted molar refractivity (Wildman–Crippen MR) is 169 cm³/mol. The summed E-state index contributed by atoms with van der Waals surface area (Å²) in [5.41, 5.74) is 3.01. The van der Waals surface area contributed by atoms with Gasteiger partial charge in [0.2, 0.25) is 0 Å². The molecule has 0 N–H and O–H groups in total. The normalized spacial score (nSPS) is 12.3. The molecule has 1 atom stereocenters. The van der Waals surface area contributed by atoms with Gasteiger partial charge in [-0.25, -0.2) is 4.79 Å². The molecular weight excluding hydrogens is 573 g/mol. The van der Waals surface area contributed by atoms with Gasteiger partial charge in [-0.15, -0.1) is 0 Å². The number of carbonyl (C=O) groups is 2. The number of likely N-dealkylation sites (N-methyl/N-ethyl adjacent to an activating group) is 1. The summed E-state index contributed by atoms with van der Waals surface area (Å²) in [4.78, 5) is 26.7. The van der Waals surface area contributed by atoms with Crippen molar-refractivity contribution in [2.24, 2.45) is 0 Å². The third-order valence-electron chi connectivity index (χ3n) is 6.74. The molecule has 0 saturated carbocycles. The Morgan fingerprint density at radius 1 is 0.857 bits per heavy atom. The van der Waals surface area contributed by atoms with Crippen LogP contribution in [0.25, 0.3) is 0 Å². The number of benzene rings is 3. The lowest BCUT2D eigenvalue weighted by Gasteiger charge is -2.25. The van der Waals surface area contributed by atoms with Gasteiger partial charge in [0.05, 0.1) is 7.11 Å². The van der Waals surface area contributed by atoms with E-state index in [0.29, 0.717) is 5.75 Å². The molecule has 0 amide bonds. The van der Waals surface area contributed by atoms with Crippen molar-refractivity contribution in [3.8, 4) is 5.75 Å². The van der Waals surface area contributed by atoms with Crippen LogP contribution in [-0.2, 0) is 25.5 Å². The summed E-state index contributed by atoms with van der Waals surface area (Å²) in [6.45, 7) is 7.19. The molecule has 0 aromatic heterocycles. The quantitative estimate of drug-likeness (QED) is 0.173. The third kappa shape index (κ3) is 11.3. The molecule has 0 aliphatic heterocycles. The summed E-state index contributed by atoms with van der Waals surface area (Å²) in [6.07, 6.45) is 1.21. The van der Waals surface area contributed by atoms with E-state index < -0.39 is 17.7 Å². The highest BCUT2D eigenvalue weighted by Crippen LogP contribution is 2.28. The Morgan fingerprint density at radius 2 is 1.40 bits per heavy atom. The van der Waals surface area contributed by atoms with Crippen molar-refractivity contribution in [2.75, 3.05) is 27.2 Å². The zero-order valence-corrected chi connectivity index (χ0v) is 26.6. The third-order valence-corrected chi connectivity index (χ3v) is 7.24. The Morgan fingerprint density at radius 3 is 1.90 bits per heavy atom. The second kappa shape index (κ2) is 16.0. The van der Waals surface area contributed by atoms with Crippen LogP contribution in [-0.4, -0.2) is 55.8 Å². The monoisotopic (exact) mass is 613 g/mol. The highest BCUT2D eigenvalue weighted by molar-refractivity contribution is 6.30. The molecule has 0 heterocycles. The Kier molecular flexibility index (Phi) is 12.7. The molecule has 1 unspecified atom stereocenters. The molecule has 8 heteroatoms. The number of halogens is 2. The molecular formula is C34H41Cl2NO5. The number of methoxy groups -OCH3 is 1. The zero-order chi connectivity index (χ0) is 30.7. The molecule has 3 rings (SSSR count). The largest absolute Gasteiger partial charge is 0.479 e. The van der Waals surface area contributed by atoms with Gasteiger partial charge in [-0.1, -0.05) is 59.6 Å². The number of esters is 2. The number of carbonyl (C=O) groups excluding carboxylic acids is 2. The zero-order valence-electron chi connectivity index (χ0n) is 25.1. The van der Waals surface area contributed by atoms with Crippen molar-refractivity contribution in [3.63, 3.8) is 0 Å². The van der Waals surface area contributed by atoms with E-state index in [1.165, 1.54) is 23.8 Å². The van der Waals surface area contributed by atoms with Crippen LogP contribution in [0.4, 0.5) is 0 Å². The summed E-state index contributed by atoms with van der Waals surface area (Å²) >= 11 is 12.3. The van der Waals surface area contributed by atoms with E-state index in [1.54, 1.807) is 20.8 Å². The minimum atomic E-state index is -0.892. The maximum Gasteiger partial charge on any atom is 0.347 e. The molecule has 0 bridgehead atoms. The first-order chi connectivity index (χ1) is 19.9. The van der Waals surface area contributed by atoms with Crippen molar-refractivity contribution < 1.29 is 23.8 Å². The minimum Gasteiger partial charge on any atom is -0.479 e.